The smallest absolute Gasteiger partial charge is 0.0242 e. The fourth-order valence-electron chi connectivity index (χ4n) is 2.10. The summed E-state index contributed by atoms with van der Waals surface area (Å²) in [5.41, 5.74) is 3.73. The van der Waals surface area contributed by atoms with Crippen molar-refractivity contribution in [1.82, 2.24) is 0 Å². The van der Waals surface area contributed by atoms with Gasteiger partial charge in [-0.3, -0.25) is 0 Å². The summed E-state index contributed by atoms with van der Waals surface area (Å²) >= 11 is 0. The standard InChI is InChI=1S/C18H18/c1-3-16-11-13-18(14-12-16)15(2)9-10-17-7-5-4-6-8-17/h1,4-8,11-15H,9-10H2,2H3. The Bertz CT molecular complexity index is 514. The normalized spacial score (nSPS) is 11.8. The van der Waals surface area contributed by atoms with Crippen LogP contribution in [0, 0.1) is 12.3 Å². The first-order chi connectivity index (χ1) is 8.79. The van der Waals surface area contributed by atoms with Crippen LogP contribution in [-0.4, -0.2) is 0 Å². The third kappa shape index (κ3) is 3.25. The van der Waals surface area contributed by atoms with Gasteiger partial charge in [-0.1, -0.05) is 55.3 Å². The molecular formula is C18H18. The maximum Gasteiger partial charge on any atom is 0.0242 e. The van der Waals surface area contributed by atoms with Crippen molar-refractivity contribution in [3.8, 4) is 12.3 Å². The second kappa shape index (κ2) is 6.07. The van der Waals surface area contributed by atoms with Gasteiger partial charge in [0.2, 0.25) is 0 Å². The molecule has 0 saturated heterocycles. The van der Waals surface area contributed by atoms with Gasteiger partial charge in [-0.2, -0.15) is 0 Å². The summed E-state index contributed by atoms with van der Waals surface area (Å²) in [6, 6.07) is 19.0. The summed E-state index contributed by atoms with van der Waals surface area (Å²) in [6.45, 7) is 2.27. The average molecular weight is 234 g/mol. The van der Waals surface area contributed by atoms with Gasteiger partial charge >= 0.3 is 0 Å². The topological polar surface area (TPSA) is 0 Å². The molecule has 0 radical (unpaired) electrons. The lowest BCUT2D eigenvalue weighted by Gasteiger charge is -2.12. The lowest BCUT2D eigenvalue weighted by molar-refractivity contribution is 0.679. The van der Waals surface area contributed by atoms with Crippen molar-refractivity contribution in [2.45, 2.75) is 25.7 Å². The van der Waals surface area contributed by atoms with Crippen molar-refractivity contribution in [2.75, 3.05) is 0 Å². The Kier molecular flexibility index (Phi) is 4.20. The molecule has 2 rings (SSSR count). The molecular weight excluding hydrogens is 216 g/mol. The molecule has 0 aliphatic rings. The molecule has 0 aromatic heterocycles. The molecule has 2 aromatic rings. The highest BCUT2D eigenvalue weighted by atomic mass is 14.1. The summed E-state index contributed by atoms with van der Waals surface area (Å²) in [6.07, 6.45) is 7.65. The molecule has 18 heavy (non-hydrogen) atoms. The van der Waals surface area contributed by atoms with Crippen LogP contribution in [0.1, 0.15) is 36.0 Å². The van der Waals surface area contributed by atoms with E-state index in [-0.39, 0.29) is 0 Å². The molecule has 0 aliphatic carbocycles. The summed E-state index contributed by atoms with van der Waals surface area (Å²) in [5, 5.41) is 0. The zero-order valence-electron chi connectivity index (χ0n) is 10.8. The Morgan fingerprint density at radius 2 is 1.67 bits per heavy atom. The molecule has 0 spiro atoms. The van der Waals surface area contributed by atoms with Crippen molar-refractivity contribution in [3.63, 3.8) is 0 Å². The first kappa shape index (κ1) is 12.5. The highest BCUT2D eigenvalue weighted by molar-refractivity contribution is 5.35. The van der Waals surface area contributed by atoms with Crippen molar-refractivity contribution in [1.29, 1.82) is 0 Å². The van der Waals surface area contributed by atoms with Gasteiger partial charge in [-0.15, -0.1) is 6.42 Å². The number of terminal acetylenes is 1. The molecule has 0 saturated carbocycles. The summed E-state index contributed by atoms with van der Waals surface area (Å²) in [4.78, 5) is 0. The molecule has 0 aliphatic heterocycles. The Balaban J connectivity index is 1.95. The number of hydrogen-bond donors (Lipinski definition) is 0. The molecule has 0 heterocycles. The van der Waals surface area contributed by atoms with E-state index in [1.54, 1.807) is 0 Å². The molecule has 0 amide bonds. The van der Waals surface area contributed by atoms with Crippen LogP contribution in [0.4, 0.5) is 0 Å². The van der Waals surface area contributed by atoms with Crippen LogP contribution in [0.5, 0.6) is 0 Å². The van der Waals surface area contributed by atoms with E-state index in [1.807, 2.05) is 12.1 Å². The van der Waals surface area contributed by atoms with Crippen molar-refractivity contribution in [3.05, 3.63) is 71.3 Å². The molecule has 90 valence electrons. The van der Waals surface area contributed by atoms with Crippen molar-refractivity contribution < 1.29 is 0 Å². The SMILES string of the molecule is C#Cc1ccc(C(C)CCc2ccccc2)cc1. The summed E-state index contributed by atoms with van der Waals surface area (Å²) in [7, 11) is 0. The zero-order valence-corrected chi connectivity index (χ0v) is 10.8. The predicted octanol–water partition coefficient (Wildman–Crippen LogP) is 4.40. The van der Waals surface area contributed by atoms with Crippen LogP contribution in [0.2, 0.25) is 0 Å². The quantitative estimate of drug-likeness (QED) is 0.688. The molecule has 0 bridgehead atoms. The third-order valence-corrected chi connectivity index (χ3v) is 3.36. The fraction of sp³-hybridized carbons (Fsp3) is 0.222. The zero-order chi connectivity index (χ0) is 12.8. The number of aryl methyl sites for hydroxylation is 1. The number of hydrogen-bond acceptors (Lipinski definition) is 0. The van der Waals surface area contributed by atoms with Crippen molar-refractivity contribution in [2.24, 2.45) is 0 Å². The first-order valence-electron chi connectivity index (χ1n) is 6.40. The van der Waals surface area contributed by atoms with Crippen LogP contribution in [0.3, 0.4) is 0 Å². The highest BCUT2D eigenvalue weighted by Gasteiger charge is 2.05. The van der Waals surface area contributed by atoms with E-state index in [0.29, 0.717) is 5.92 Å². The van der Waals surface area contributed by atoms with Gasteiger partial charge in [0, 0.05) is 5.56 Å². The monoisotopic (exact) mass is 234 g/mol. The summed E-state index contributed by atoms with van der Waals surface area (Å²) in [5.74, 6) is 3.22. The van der Waals surface area contributed by atoms with Crippen LogP contribution < -0.4 is 0 Å². The van der Waals surface area contributed by atoms with Gasteiger partial charge in [0.1, 0.15) is 0 Å². The van der Waals surface area contributed by atoms with Crippen LogP contribution in [-0.2, 0) is 6.42 Å². The Morgan fingerprint density at radius 3 is 2.28 bits per heavy atom. The fourth-order valence-corrected chi connectivity index (χ4v) is 2.10. The van der Waals surface area contributed by atoms with Gasteiger partial charge in [0.05, 0.1) is 0 Å². The molecule has 0 nitrogen and oxygen atoms in total. The van der Waals surface area contributed by atoms with E-state index in [4.69, 9.17) is 6.42 Å². The Morgan fingerprint density at radius 1 is 1.00 bits per heavy atom. The maximum absolute atomic E-state index is 5.36. The lowest BCUT2D eigenvalue weighted by atomic mass is 9.93. The Hall–Kier alpha value is -2.00. The highest BCUT2D eigenvalue weighted by Crippen LogP contribution is 2.21. The van der Waals surface area contributed by atoms with Crippen molar-refractivity contribution >= 4 is 0 Å². The number of rotatable bonds is 4. The molecule has 2 aromatic carbocycles. The largest absolute Gasteiger partial charge is 0.115 e. The maximum atomic E-state index is 5.36. The second-order valence-corrected chi connectivity index (χ2v) is 4.69. The number of benzene rings is 2. The van der Waals surface area contributed by atoms with Gasteiger partial charge in [-0.05, 0) is 42.0 Å². The van der Waals surface area contributed by atoms with Crippen LogP contribution >= 0.6 is 0 Å². The van der Waals surface area contributed by atoms with E-state index in [0.717, 1.165) is 12.0 Å². The molecule has 0 fully saturated rings. The Labute approximate surface area is 110 Å². The van der Waals surface area contributed by atoms with Gasteiger partial charge in [0.25, 0.3) is 0 Å². The molecule has 1 unspecified atom stereocenters. The first-order valence-corrected chi connectivity index (χ1v) is 6.40. The lowest BCUT2D eigenvalue weighted by Crippen LogP contribution is -1.96. The molecule has 0 N–H and O–H groups in total. The van der Waals surface area contributed by atoms with E-state index in [1.165, 1.54) is 17.5 Å². The van der Waals surface area contributed by atoms with E-state index in [2.05, 4.69) is 55.3 Å². The summed E-state index contributed by atoms with van der Waals surface area (Å²) < 4.78 is 0. The van der Waals surface area contributed by atoms with Crippen LogP contribution in [0.25, 0.3) is 0 Å². The van der Waals surface area contributed by atoms with Gasteiger partial charge in [0.15, 0.2) is 0 Å². The van der Waals surface area contributed by atoms with E-state index < -0.39 is 0 Å². The minimum Gasteiger partial charge on any atom is -0.115 e. The minimum atomic E-state index is 0.567. The van der Waals surface area contributed by atoms with E-state index in [9.17, 15) is 0 Å². The minimum absolute atomic E-state index is 0.567. The molecule has 0 heteroatoms. The van der Waals surface area contributed by atoms with Crippen LogP contribution in [0.15, 0.2) is 54.6 Å². The second-order valence-electron chi connectivity index (χ2n) is 4.69. The van der Waals surface area contributed by atoms with Gasteiger partial charge < -0.3 is 0 Å². The molecule has 1 atom stereocenters. The average Bonchev–Trinajstić information content (AvgIpc) is 2.46. The van der Waals surface area contributed by atoms with E-state index >= 15 is 0 Å². The van der Waals surface area contributed by atoms with Gasteiger partial charge in [-0.25, -0.2) is 0 Å². The third-order valence-electron chi connectivity index (χ3n) is 3.36. The predicted molar refractivity (Wildman–Crippen MR) is 77.6 cm³/mol.